The van der Waals surface area contributed by atoms with Crippen LogP contribution in [0.15, 0.2) is 41.3 Å². The molecule has 1 atom stereocenters. The van der Waals surface area contributed by atoms with Gasteiger partial charge in [-0.2, -0.15) is 4.31 Å². The number of rotatable bonds is 6. The summed E-state index contributed by atoms with van der Waals surface area (Å²) in [6.07, 6.45) is 2.44. The van der Waals surface area contributed by atoms with E-state index in [-0.39, 0.29) is 23.4 Å². The van der Waals surface area contributed by atoms with E-state index in [1.807, 2.05) is 17.0 Å². The highest BCUT2D eigenvalue weighted by molar-refractivity contribution is 7.89. The summed E-state index contributed by atoms with van der Waals surface area (Å²) in [5, 5.41) is 2.30. The van der Waals surface area contributed by atoms with Crippen LogP contribution in [0.5, 0.6) is 0 Å². The third-order valence-electron chi connectivity index (χ3n) is 6.92. The first-order valence-electron chi connectivity index (χ1n) is 11.5. The molecule has 1 unspecified atom stereocenters. The molecule has 2 aromatic rings. The van der Waals surface area contributed by atoms with Crippen molar-refractivity contribution in [3.05, 3.63) is 41.4 Å². The number of likely N-dealkylation sites (N-methyl/N-ethyl adjacent to an activating group) is 1. The molecule has 2 aliphatic heterocycles. The van der Waals surface area contributed by atoms with Gasteiger partial charge in [0.15, 0.2) is 0 Å². The number of carbonyl (C=O) groups excluding carboxylic acids is 1. The second-order valence-electron chi connectivity index (χ2n) is 9.06. The summed E-state index contributed by atoms with van der Waals surface area (Å²) in [6, 6.07) is 10.5. The van der Waals surface area contributed by atoms with E-state index in [4.69, 9.17) is 11.6 Å². The predicted octanol–water partition coefficient (Wildman–Crippen LogP) is 3.98. The summed E-state index contributed by atoms with van der Waals surface area (Å²) in [5.74, 6) is -0.0500. The van der Waals surface area contributed by atoms with Gasteiger partial charge >= 0.3 is 0 Å². The summed E-state index contributed by atoms with van der Waals surface area (Å²) in [7, 11) is -3.80. The second-order valence-corrected chi connectivity index (χ2v) is 11.4. The van der Waals surface area contributed by atoms with Crippen molar-refractivity contribution < 1.29 is 13.2 Å². The van der Waals surface area contributed by atoms with Crippen LogP contribution in [0.2, 0.25) is 5.02 Å². The average molecular weight is 478 g/mol. The van der Waals surface area contributed by atoms with Crippen LogP contribution in [0, 0.1) is 0 Å². The predicted molar refractivity (Wildman–Crippen MR) is 128 cm³/mol. The van der Waals surface area contributed by atoms with Gasteiger partial charge in [-0.05, 0) is 68.1 Å². The fourth-order valence-corrected chi connectivity index (χ4v) is 6.92. The lowest BCUT2D eigenvalue weighted by Gasteiger charge is -2.38. The summed E-state index contributed by atoms with van der Waals surface area (Å²) in [4.78, 5) is 17.9. The molecule has 4 rings (SSSR count). The third-order valence-corrected chi connectivity index (χ3v) is 9.14. The first-order valence-corrected chi connectivity index (χ1v) is 13.3. The van der Waals surface area contributed by atoms with E-state index in [1.54, 1.807) is 31.2 Å². The molecule has 0 saturated carbocycles. The number of fused-ring (bicyclic) bond motifs is 1. The number of amides is 1. The van der Waals surface area contributed by atoms with E-state index in [0.29, 0.717) is 24.0 Å². The van der Waals surface area contributed by atoms with Crippen LogP contribution < -0.4 is 0 Å². The van der Waals surface area contributed by atoms with Gasteiger partial charge in [0.2, 0.25) is 15.9 Å². The zero-order valence-corrected chi connectivity index (χ0v) is 20.6. The second kappa shape index (κ2) is 9.29. The zero-order chi connectivity index (χ0) is 23.0. The van der Waals surface area contributed by atoms with Gasteiger partial charge in [-0.1, -0.05) is 30.7 Å². The minimum absolute atomic E-state index is 0.0500. The molecule has 32 heavy (non-hydrogen) atoms. The lowest BCUT2D eigenvalue weighted by Crippen LogP contribution is -2.50. The lowest BCUT2D eigenvalue weighted by atomic mass is 10.0. The number of nitrogens with zero attached hydrogens (tertiary/aromatic N) is 3. The van der Waals surface area contributed by atoms with Gasteiger partial charge in [-0.15, -0.1) is 0 Å². The number of hydrogen-bond acceptors (Lipinski definition) is 4. The molecular formula is C24H32ClN3O3S. The normalized spacial score (nSPS) is 21.4. The molecule has 0 spiro atoms. The maximum absolute atomic E-state index is 13.5. The topological polar surface area (TPSA) is 60.9 Å². The van der Waals surface area contributed by atoms with Gasteiger partial charge in [-0.25, -0.2) is 8.42 Å². The maximum Gasteiger partial charge on any atom is 0.243 e. The molecule has 6 nitrogen and oxygen atoms in total. The van der Waals surface area contributed by atoms with Crippen LogP contribution in [0.3, 0.4) is 0 Å². The Morgan fingerprint density at radius 3 is 2.34 bits per heavy atom. The first kappa shape index (κ1) is 23.5. The number of likely N-dealkylation sites (tertiary alicyclic amines) is 2. The monoisotopic (exact) mass is 477 g/mol. The molecule has 2 heterocycles. The Morgan fingerprint density at radius 2 is 1.69 bits per heavy atom. The Labute approximate surface area is 196 Å². The van der Waals surface area contributed by atoms with E-state index >= 15 is 0 Å². The Balaban J connectivity index is 1.53. The summed E-state index contributed by atoms with van der Waals surface area (Å²) in [6.45, 7) is 9.04. The van der Waals surface area contributed by atoms with Crippen LogP contribution in [0.1, 0.15) is 40.0 Å². The number of hydrogen-bond donors (Lipinski definition) is 0. The molecule has 174 valence electrons. The van der Waals surface area contributed by atoms with Crippen LogP contribution in [-0.2, 0) is 14.8 Å². The van der Waals surface area contributed by atoms with Crippen molar-refractivity contribution in [1.29, 1.82) is 0 Å². The quantitative estimate of drug-likeness (QED) is 0.631. The minimum atomic E-state index is -3.80. The fraction of sp³-hybridized carbons (Fsp3) is 0.542. The molecule has 0 bridgehead atoms. The van der Waals surface area contributed by atoms with Crippen LogP contribution >= 0.6 is 11.6 Å². The molecular weight excluding hydrogens is 446 g/mol. The van der Waals surface area contributed by atoms with Crippen molar-refractivity contribution in [2.75, 3.05) is 26.2 Å². The van der Waals surface area contributed by atoms with Crippen LogP contribution in [0.4, 0.5) is 0 Å². The van der Waals surface area contributed by atoms with Gasteiger partial charge in [0, 0.05) is 43.3 Å². The summed E-state index contributed by atoms with van der Waals surface area (Å²) >= 11 is 6.05. The Bertz CT molecular complexity index is 1100. The molecule has 0 N–H and O–H groups in total. The lowest BCUT2D eigenvalue weighted by molar-refractivity contribution is -0.133. The van der Waals surface area contributed by atoms with Gasteiger partial charge in [0.1, 0.15) is 6.04 Å². The number of piperidine rings is 1. The molecule has 0 radical (unpaired) electrons. The fourth-order valence-electron chi connectivity index (χ4n) is 5.08. The number of sulfonamides is 1. The highest BCUT2D eigenvalue weighted by atomic mass is 35.5. The molecule has 0 aliphatic carbocycles. The van der Waals surface area contributed by atoms with Gasteiger partial charge in [0.25, 0.3) is 0 Å². The largest absolute Gasteiger partial charge is 0.338 e. The molecule has 8 heteroatoms. The molecule has 1 amide bonds. The van der Waals surface area contributed by atoms with E-state index in [1.165, 1.54) is 4.31 Å². The number of halogens is 1. The van der Waals surface area contributed by atoms with Crippen molar-refractivity contribution in [2.45, 2.75) is 63.1 Å². The van der Waals surface area contributed by atoms with Crippen molar-refractivity contribution in [3.8, 4) is 0 Å². The number of carbonyl (C=O) groups is 1. The SMILES string of the molecule is CCN(C1CCN(C2CCN(C(C)C)CC2)C1=O)S(=O)(=O)c1ccc2cc(Cl)ccc2c1. The smallest absolute Gasteiger partial charge is 0.243 e. The maximum atomic E-state index is 13.5. The molecule has 2 fully saturated rings. The minimum Gasteiger partial charge on any atom is -0.338 e. The molecule has 0 aromatic heterocycles. The van der Waals surface area contributed by atoms with E-state index < -0.39 is 16.1 Å². The van der Waals surface area contributed by atoms with Gasteiger partial charge in [-0.3, -0.25) is 4.79 Å². The van der Waals surface area contributed by atoms with E-state index in [2.05, 4.69) is 18.7 Å². The highest BCUT2D eigenvalue weighted by Gasteiger charge is 2.43. The summed E-state index contributed by atoms with van der Waals surface area (Å²) in [5.41, 5.74) is 0. The van der Waals surface area contributed by atoms with Crippen molar-refractivity contribution in [3.63, 3.8) is 0 Å². The third kappa shape index (κ3) is 4.40. The van der Waals surface area contributed by atoms with Crippen molar-refractivity contribution >= 4 is 38.3 Å². The Kier molecular flexibility index (Phi) is 6.82. The average Bonchev–Trinajstić information content (AvgIpc) is 3.14. The Morgan fingerprint density at radius 1 is 1.03 bits per heavy atom. The van der Waals surface area contributed by atoms with Crippen molar-refractivity contribution in [1.82, 2.24) is 14.1 Å². The summed E-state index contributed by atoms with van der Waals surface area (Å²) < 4.78 is 28.4. The number of benzene rings is 2. The first-order chi connectivity index (χ1) is 15.2. The zero-order valence-electron chi connectivity index (χ0n) is 19.0. The Hall–Kier alpha value is -1.67. The molecule has 2 saturated heterocycles. The molecule has 2 aliphatic rings. The standard InChI is InChI=1S/C24H32ClN3O3S/c1-4-28(32(30,31)22-8-6-18-15-20(25)7-5-19(18)16-22)23-11-14-27(24(23)29)21-9-12-26(13-10-21)17(2)3/h5-8,15-17,21,23H,4,9-14H2,1-3H3. The van der Waals surface area contributed by atoms with E-state index in [9.17, 15) is 13.2 Å². The van der Waals surface area contributed by atoms with Crippen LogP contribution in [0.25, 0.3) is 10.8 Å². The molecule has 2 aromatic carbocycles. The van der Waals surface area contributed by atoms with Crippen molar-refractivity contribution in [2.24, 2.45) is 0 Å². The van der Waals surface area contributed by atoms with E-state index in [0.717, 1.165) is 36.7 Å². The van der Waals surface area contributed by atoms with Crippen LogP contribution in [-0.4, -0.2) is 72.7 Å². The van der Waals surface area contributed by atoms with Gasteiger partial charge < -0.3 is 9.80 Å². The van der Waals surface area contributed by atoms with Gasteiger partial charge in [0.05, 0.1) is 4.90 Å². The highest BCUT2D eigenvalue weighted by Crippen LogP contribution is 2.30.